The Morgan fingerprint density at radius 2 is 1.60 bits per heavy atom. The molecule has 2 aromatic carbocycles. The molecular formula is C14H9N. The lowest BCUT2D eigenvalue weighted by Gasteiger charge is -2.25. The molecule has 1 aliphatic rings. The zero-order valence-electron chi connectivity index (χ0n) is 8.20. The first-order chi connectivity index (χ1) is 7.42. The molecule has 0 heterocycles. The van der Waals surface area contributed by atoms with E-state index in [1.165, 1.54) is 22.3 Å². The largest absolute Gasteiger partial charge is 0.198 e. The fraction of sp³-hybridized carbons (Fsp3) is 0.0714. The van der Waals surface area contributed by atoms with Gasteiger partial charge in [0.05, 0.1) is 12.5 Å². The van der Waals surface area contributed by atoms with Crippen molar-refractivity contribution in [2.24, 2.45) is 0 Å². The van der Waals surface area contributed by atoms with Crippen molar-refractivity contribution >= 4 is 0 Å². The number of rotatable bonds is 1. The molecule has 0 bridgehead atoms. The fourth-order valence-electron chi connectivity index (χ4n) is 2.25. The average Bonchev–Trinajstić information content (AvgIpc) is 2.26. The average molecular weight is 191 g/mol. The van der Waals surface area contributed by atoms with Crippen LogP contribution in [0.1, 0.15) is 5.56 Å². The van der Waals surface area contributed by atoms with Crippen LogP contribution in [0.25, 0.3) is 22.3 Å². The molecule has 1 heteroatoms. The van der Waals surface area contributed by atoms with Gasteiger partial charge >= 0.3 is 0 Å². The van der Waals surface area contributed by atoms with E-state index in [0.29, 0.717) is 6.42 Å². The Morgan fingerprint density at radius 1 is 0.867 bits per heavy atom. The van der Waals surface area contributed by atoms with Crippen LogP contribution in [0, 0.1) is 11.3 Å². The molecule has 0 atom stereocenters. The van der Waals surface area contributed by atoms with E-state index in [1.807, 2.05) is 18.2 Å². The first-order valence-corrected chi connectivity index (χ1v) is 5.00. The van der Waals surface area contributed by atoms with Crippen LogP contribution >= 0.6 is 0 Å². The van der Waals surface area contributed by atoms with E-state index in [2.05, 4.69) is 30.3 Å². The number of fused-ring (bicyclic) bond motifs is 4. The lowest BCUT2D eigenvalue weighted by molar-refractivity contribution is 1.25. The van der Waals surface area contributed by atoms with Crippen molar-refractivity contribution in [2.75, 3.05) is 0 Å². The van der Waals surface area contributed by atoms with Crippen LogP contribution < -0.4 is 0 Å². The van der Waals surface area contributed by atoms with Gasteiger partial charge in [0.15, 0.2) is 0 Å². The van der Waals surface area contributed by atoms with Crippen LogP contribution in [-0.4, -0.2) is 0 Å². The third kappa shape index (κ3) is 1.02. The Hall–Kier alpha value is -2.07. The minimum atomic E-state index is 0.498. The van der Waals surface area contributed by atoms with Crippen LogP contribution in [0.3, 0.4) is 0 Å². The normalized spacial score (nSPS) is 10.9. The summed E-state index contributed by atoms with van der Waals surface area (Å²) in [5, 5.41) is 8.76. The van der Waals surface area contributed by atoms with Gasteiger partial charge in [0.25, 0.3) is 0 Å². The van der Waals surface area contributed by atoms with Gasteiger partial charge in [0.2, 0.25) is 0 Å². The smallest absolute Gasteiger partial charge is 0.0669 e. The standard InChI is InChI=1S/C14H9N/c15-9-8-10-4-3-7-13-11-5-1-2-6-12(11)14(10)13/h1-7H,8H2. The molecule has 0 saturated heterocycles. The summed E-state index contributed by atoms with van der Waals surface area (Å²) in [6.45, 7) is 0. The molecule has 0 fully saturated rings. The minimum Gasteiger partial charge on any atom is -0.198 e. The molecular weight excluding hydrogens is 182 g/mol. The molecule has 2 aromatic rings. The van der Waals surface area contributed by atoms with Crippen LogP contribution in [-0.2, 0) is 6.42 Å². The lowest BCUT2D eigenvalue weighted by atomic mass is 9.77. The van der Waals surface area contributed by atoms with Crippen LogP contribution in [0.2, 0.25) is 0 Å². The van der Waals surface area contributed by atoms with Gasteiger partial charge in [-0.25, -0.2) is 0 Å². The molecule has 0 radical (unpaired) electrons. The monoisotopic (exact) mass is 191 g/mol. The zero-order valence-corrected chi connectivity index (χ0v) is 8.20. The van der Waals surface area contributed by atoms with E-state index in [0.717, 1.165) is 5.56 Å². The third-order valence-corrected chi connectivity index (χ3v) is 2.91. The van der Waals surface area contributed by atoms with Crippen LogP contribution in [0.4, 0.5) is 0 Å². The van der Waals surface area contributed by atoms with Crippen molar-refractivity contribution < 1.29 is 0 Å². The lowest BCUT2D eigenvalue weighted by Crippen LogP contribution is -2.02. The van der Waals surface area contributed by atoms with Crippen molar-refractivity contribution in [3.05, 3.63) is 48.0 Å². The Kier molecular flexibility index (Phi) is 1.63. The maximum atomic E-state index is 8.76. The third-order valence-electron chi connectivity index (χ3n) is 2.91. The van der Waals surface area contributed by atoms with Crippen LogP contribution in [0.15, 0.2) is 42.5 Å². The second kappa shape index (κ2) is 2.96. The highest BCUT2D eigenvalue weighted by Crippen LogP contribution is 2.48. The summed E-state index contributed by atoms with van der Waals surface area (Å²) in [7, 11) is 0. The van der Waals surface area contributed by atoms with Gasteiger partial charge in [-0.05, 0) is 27.8 Å². The SMILES string of the molecule is N#CCc1cccc2c1-c1ccccc1-2. The van der Waals surface area contributed by atoms with Gasteiger partial charge in [-0.15, -0.1) is 0 Å². The molecule has 3 rings (SSSR count). The highest BCUT2D eigenvalue weighted by atomic mass is 14.3. The van der Waals surface area contributed by atoms with Crippen LogP contribution in [0.5, 0.6) is 0 Å². The molecule has 0 N–H and O–H groups in total. The Balaban J connectivity index is 2.22. The molecule has 0 aliphatic heterocycles. The summed E-state index contributed by atoms with van der Waals surface area (Å²) < 4.78 is 0. The predicted molar refractivity (Wildman–Crippen MR) is 60.2 cm³/mol. The highest BCUT2D eigenvalue weighted by molar-refractivity contribution is 6.03. The summed E-state index contributed by atoms with van der Waals surface area (Å²) in [6, 6.07) is 16.8. The number of hydrogen-bond acceptors (Lipinski definition) is 1. The summed E-state index contributed by atoms with van der Waals surface area (Å²) in [4.78, 5) is 0. The highest BCUT2D eigenvalue weighted by Gasteiger charge is 2.23. The quantitative estimate of drug-likeness (QED) is 0.578. The maximum absolute atomic E-state index is 8.76. The Morgan fingerprint density at radius 3 is 2.40 bits per heavy atom. The van der Waals surface area contributed by atoms with Crippen molar-refractivity contribution in [3.63, 3.8) is 0 Å². The molecule has 1 aliphatic carbocycles. The van der Waals surface area contributed by atoms with Crippen molar-refractivity contribution in [3.8, 4) is 28.3 Å². The fourth-order valence-corrected chi connectivity index (χ4v) is 2.25. The molecule has 0 aromatic heterocycles. The number of benzene rings is 2. The van der Waals surface area contributed by atoms with Gasteiger partial charge in [-0.3, -0.25) is 0 Å². The first kappa shape index (κ1) is 8.26. The van der Waals surface area contributed by atoms with Gasteiger partial charge in [-0.1, -0.05) is 42.5 Å². The minimum absolute atomic E-state index is 0.498. The van der Waals surface area contributed by atoms with Gasteiger partial charge in [0.1, 0.15) is 0 Å². The van der Waals surface area contributed by atoms with E-state index < -0.39 is 0 Å². The molecule has 0 spiro atoms. The molecule has 0 unspecified atom stereocenters. The number of nitrogens with zero attached hydrogens (tertiary/aromatic N) is 1. The van der Waals surface area contributed by atoms with E-state index in [4.69, 9.17) is 5.26 Å². The number of hydrogen-bond donors (Lipinski definition) is 0. The maximum Gasteiger partial charge on any atom is 0.0669 e. The summed E-state index contributed by atoms with van der Waals surface area (Å²) >= 11 is 0. The van der Waals surface area contributed by atoms with E-state index in [-0.39, 0.29) is 0 Å². The van der Waals surface area contributed by atoms with Gasteiger partial charge < -0.3 is 0 Å². The summed E-state index contributed by atoms with van der Waals surface area (Å²) in [5.41, 5.74) is 6.31. The van der Waals surface area contributed by atoms with Crippen molar-refractivity contribution in [1.82, 2.24) is 0 Å². The molecule has 15 heavy (non-hydrogen) atoms. The first-order valence-electron chi connectivity index (χ1n) is 5.00. The zero-order chi connectivity index (χ0) is 10.3. The topological polar surface area (TPSA) is 23.8 Å². The molecule has 1 nitrogen and oxygen atoms in total. The summed E-state index contributed by atoms with van der Waals surface area (Å²) in [5.74, 6) is 0. The van der Waals surface area contributed by atoms with Crippen molar-refractivity contribution in [2.45, 2.75) is 6.42 Å². The molecule has 0 saturated carbocycles. The van der Waals surface area contributed by atoms with Gasteiger partial charge in [0, 0.05) is 0 Å². The van der Waals surface area contributed by atoms with Crippen molar-refractivity contribution in [1.29, 1.82) is 5.26 Å². The predicted octanol–water partition coefficient (Wildman–Crippen LogP) is 3.40. The second-order valence-corrected chi connectivity index (χ2v) is 3.72. The Bertz CT molecular complexity index is 576. The molecule has 70 valence electrons. The van der Waals surface area contributed by atoms with Gasteiger partial charge in [-0.2, -0.15) is 5.26 Å². The van der Waals surface area contributed by atoms with E-state index in [1.54, 1.807) is 0 Å². The number of nitriles is 1. The van der Waals surface area contributed by atoms with E-state index in [9.17, 15) is 0 Å². The van der Waals surface area contributed by atoms with E-state index >= 15 is 0 Å². The summed E-state index contributed by atoms with van der Waals surface area (Å²) in [6.07, 6.45) is 0.498. The Labute approximate surface area is 88.6 Å². The molecule has 0 amide bonds. The second-order valence-electron chi connectivity index (χ2n) is 3.72.